The monoisotopic (exact) mass is 390 g/mol. The molecule has 0 bridgehead atoms. The van der Waals surface area contributed by atoms with E-state index < -0.39 is 0 Å². The fraction of sp³-hybridized carbons (Fsp3) is 0.476. The zero-order valence-electron chi connectivity index (χ0n) is 16.7. The Bertz CT molecular complexity index is 730. The SMILES string of the molecule is CCCNCC(=O)N(CCc1ccc(OC)c(OC)c1)Cc1ccc(C)s1. The first-order valence-electron chi connectivity index (χ1n) is 9.32. The van der Waals surface area contributed by atoms with Crippen molar-refractivity contribution in [3.05, 3.63) is 45.6 Å². The van der Waals surface area contributed by atoms with Gasteiger partial charge in [0.2, 0.25) is 5.91 Å². The summed E-state index contributed by atoms with van der Waals surface area (Å²) in [5.41, 5.74) is 1.12. The van der Waals surface area contributed by atoms with Gasteiger partial charge in [0.05, 0.1) is 27.3 Å². The number of aryl methyl sites for hydroxylation is 1. The highest BCUT2D eigenvalue weighted by atomic mass is 32.1. The number of hydrogen-bond donors (Lipinski definition) is 1. The van der Waals surface area contributed by atoms with Crippen LogP contribution in [0.5, 0.6) is 11.5 Å². The number of methoxy groups -OCH3 is 2. The number of benzene rings is 1. The van der Waals surface area contributed by atoms with Gasteiger partial charge in [0, 0.05) is 16.3 Å². The highest BCUT2D eigenvalue weighted by Gasteiger charge is 2.15. The zero-order chi connectivity index (χ0) is 19.6. The van der Waals surface area contributed by atoms with Crippen LogP contribution in [0.2, 0.25) is 0 Å². The first-order chi connectivity index (χ1) is 13.1. The topological polar surface area (TPSA) is 50.8 Å². The maximum absolute atomic E-state index is 12.7. The molecule has 1 heterocycles. The molecule has 2 rings (SSSR count). The summed E-state index contributed by atoms with van der Waals surface area (Å²) in [5, 5.41) is 3.21. The molecule has 0 fully saturated rings. The lowest BCUT2D eigenvalue weighted by atomic mass is 10.1. The van der Waals surface area contributed by atoms with E-state index in [9.17, 15) is 4.79 Å². The molecule has 0 spiro atoms. The number of nitrogens with one attached hydrogen (secondary N) is 1. The molecule has 6 heteroatoms. The molecule has 0 atom stereocenters. The minimum atomic E-state index is 0.134. The number of thiophene rings is 1. The predicted molar refractivity (Wildman–Crippen MR) is 111 cm³/mol. The lowest BCUT2D eigenvalue weighted by Crippen LogP contribution is -2.39. The van der Waals surface area contributed by atoms with Crippen LogP contribution in [0.1, 0.15) is 28.7 Å². The second kappa shape index (κ2) is 10.9. The fourth-order valence-electron chi connectivity index (χ4n) is 2.83. The van der Waals surface area contributed by atoms with Gasteiger partial charge < -0.3 is 19.7 Å². The van der Waals surface area contributed by atoms with Crippen LogP contribution in [-0.2, 0) is 17.8 Å². The molecule has 0 saturated carbocycles. The lowest BCUT2D eigenvalue weighted by molar-refractivity contribution is -0.130. The van der Waals surface area contributed by atoms with E-state index in [1.165, 1.54) is 9.75 Å². The van der Waals surface area contributed by atoms with Gasteiger partial charge in [-0.3, -0.25) is 4.79 Å². The summed E-state index contributed by atoms with van der Waals surface area (Å²) in [6.45, 7) is 6.74. The van der Waals surface area contributed by atoms with E-state index in [4.69, 9.17) is 9.47 Å². The number of ether oxygens (including phenoxy) is 2. The van der Waals surface area contributed by atoms with Crippen LogP contribution in [0.25, 0.3) is 0 Å². The minimum Gasteiger partial charge on any atom is -0.493 e. The Balaban J connectivity index is 2.05. The third-order valence-electron chi connectivity index (χ3n) is 4.32. The largest absolute Gasteiger partial charge is 0.493 e. The van der Waals surface area contributed by atoms with Crippen LogP contribution < -0.4 is 14.8 Å². The van der Waals surface area contributed by atoms with Crippen molar-refractivity contribution in [2.24, 2.45) is 0 Å². The van der Waals surface area contributed by atoms with Gasteiger partial charge in [-0.25, -0.2) is 0 Å². The number of nitrogens with zero attached hydrogens (tertiary/aromatic N) is 1. The van der Waals surface area contributed by atoms with Crippen molar-refractivity contribution in [2.75, 3.05) is 33.9 Å². The summed E-state index contributed by atoms with van der Waals surface area (Å²) in [6, 6.07) is 10.1. The van der Waals surface area contributed by atoms with Gasteiger partial charge in [0.1, 0.15) is 0 Å². The van der Waals surface area contributed by atoms with Crippen molar-refractivity contribution in [1.82, 2.24) is 10.2 Å². The summed E-state index contributed by atoms with van der Waals surface area (Å²) < 4.78 is 10.7. The first kappa shape index (κ1) is 21.3. The summed E-state index contributed by atoms with van der Waals surface area (Å²) in [4.78, 5) is 17.1. The molecule has 0 saturated heterocycles. The molecule has 0 aliphatic heterocycles. The molecule has 0 radical (unpaired) electrons. The van der Waals surface area contributed by atoms with E-state index in [2.05, 4.69) is 31.3 Å². The van der Waals surface area contributed by atoms with Gasteiger partial charge in [0.25, 0.3) is 0 Å². The summed E-state index contributed by atoms with van der Waals surface area (Å²) in [6.07, 6.45) is 1.78. The highest BCUT2D eigenvalue weighted by molar-refractivity contribution is 7.11. The summed E-state index contributed by atoms with van der Waals surface area (Å²) in [5.74, 6) is 1.56. The van der Waals surface area contributed by atoms with E-state index in [0.29, 0.717) is 31.1 Å². The molecule has 0 aliphatic rings. The maximum atomic E-state index is 12.7. The summed E-state index contributed by atoms with van der Waals surface area (Å²) in [7, 11) is 3.26. The van der Waals surface area contributed by atoms with Gasteiger partial charge in [-0.15, -0.1) is 11.3 Å². The second-order valence-electron chi connectivity index (χ2n) is 6.44. The number of amides is 1. The van der Waals surface area contributed by atoms with Crippen LogP contribution in [0.3, 0.4) is 0 Å². The van der Waals surface area contributed by atoms with Crippen LogP contribution in [0.4, 0.5) is 0 Å². The zero-order valence-corrected chi connectivity index (χ0v) is 17.5. The van der Waals surface area contributed by atoms with Gasteiger partial charge in [-0.1, -0.05) is 13.0 Å². The van der Waals surface area contributed by atoms with Crippen molar-refractivity contribution < 1.29 is 14.3 Å². The van der Waals surface area contributed by atoms with Crippen molar-refractivity contribution in [1.29, 1.82) is 0 Å². The molecule has 148 valence electrons. The van der Waals surface area contributed by atoms with Crippen molar-refractivity contribution in [3.8, 4) is 11.5 Å². The van der Waals surface area contributed by atoms with Crippen molar-refractivity contribution in [3.63, 3.8) is 0 Å². The van der Waals surface area contributed by atoms with Gasteiger partial charge in [-0.05, 0) is 56.1 Å². The maximum Gasteiger partial charge on any atom is 0.236 e. The second-order valence-corrected chi connectivity index (χ2v) is 7.82. The Morgan fingerprint density at radius 1 is 1.15 bits per heavy atom. The Kier molecular flexibility index (Phi) is 8.61. The predicted octanol–water partition coefficient (Wildman–Crippen LogP) is 3.64. The molecular weight excluding hydrogens is 360 g/mol. The summed E-state index contributed by atoms with van der Waals surface area (Å²) >= 11 is 1.74. The Labute approximate surface area is 166 Å². The quantitative estimate of drug-likeness (QED) is 0.595. The van der Waals surface area contributed by atoms with Crippen LogP contribution >= 0.6 is 11.3 Å². The Morgan fingerprint density at radius 2 is 1.93 bits per heavy atom. The smallest absolute Gasteiger partial charge is 0.236 e. The number of carbonyl (C=O) groups is 1. The third-order valence-corrected chi connectivity index (χ3v) is 5.30. The molecule has 0 aliphatic carbocycles. The molecule has 2 aromatic rings. The van der Waals surface area contributed by atoms with E-state index in [-0.39, 0.29) is 5.91 Å². The molecule has 1 aromatic carbocycles. The lowest BCUT2D eigenvalue weighted by Gasteiger charge is -2.23. The molecule has 27 heavy (non-hydrogen) atoms. The van der Waals surface area contributed by atoms with Crippen molar-refractivity contribution >= 4 is 17.2 Å². The van der Waals surface area contributed by atoms with E-state index in [1.807, 2.05) is 23.1 Å². The number of hydrogen-bond acceptors (Lipinski definition) is 5. The van der Waals surface area contributed by atoms with E-state index >= 15 is 0 Å². The highest BCUT2D eigenvalue weighted by Crippen LogP contribution is 2.28. The first-order valence-corrected chi connectivity index (χ1v) is 10.1. The number of rotatable bonds is 11. The standard InChI is InChI=1S/C21H30N2O3S/c1-5-11-22-14-21(24)23(15-18-8-6-16(2)27-18)12-10-17-7-9-19(25-3)20(13-17)26-4/h6-9,13,22H,5,10-12,14-15H2,1-4H3. The number of carbonyl (C=O) groups excluding carboxylic acids is 1. The molecule has 5 nitrogen and oxygen atoms in total. The van der Waals surface area contributed by atoms with Gasteiger partial charge in [-0.2, -0.15) is 0 Å². The van der Waals surface area contributed by atoms with Crippen molar-refractivity contribution in [2.45, 2.75) is 33.2 Å². The molecule has 1 aromatic heterocycles. The van der Waals surface area contributed by atoms with Crippen LogP contribution in [-0.4, -0.2) is 44.7 Å². The normalized spacial score (nSPS) is 10.7. The van der Waals surface area contributed by atoms with Gasteiger partial charge >= 0.3 is 0 Å². The third kappa shape index (κ3) is 6.56. The van der Waals surface area contributed by atoms with E-state index in [1.54, 1.807) is 25.6 Å². The van der Waals surface area contributed by atoms with E-state index in [0.717, 1.165) is 24.9 Å². The van der Waals surface area contributed by atoms with Crippen LogP contribution in [0, 0.1) is 6.92 Å². The van der Waals surface area contributed by atoms with Crippen LogP contribution in [0.15, 0.2) is 30.3 Å². The molecule has 0 unspecified atom stereocenters. The average Bonchev–Trinajstić information content (AvgIpc) is 3.09. The molecule has 1 N–H and O–H groups in total. The molecule has 1 amide bonds. The molecular formula is C21H30N2O3S. The minimum absolute atomic E-state index is 0.134. The Hall–Kier alpha value is -2.05. The van der Waals surface area contributed by atoms with Gasteiger partial charge in [0.15, 0.2) is 11.5 Å². The fourth-order valence-corrected chi connectivity index (χ4v) is 3.74. The Morgan fingerprint density at radius 3 is 2.56 bits per heavy atom. The average molecular weight is 391 g/mol.